The van der Waals surface area contributed by atoms with Crippen molar-refractivity contribution in [3.05, 3.63) is 35.2 Å². The summed E-state index contributed by atoms with van der Waals surface area (Å²) in [5.74, 6) is -8.32. The number of amides is 7. The Kier molecular flexibility index (Phi) is 21.3. The maximum atomic E-state index is 14.5. The zero-order valence-corrected chi connectivity index (χ0v) is 40.6. The van der Waals surface area contributed by atoms with Gasteiger partial charge >= 0.3 is 6.09 Å². The number of fused-ring (bicyclic) bond motifs is 2. The fraction of sp³-hybridized carbons (Fsp3) is 0.689. The number of hydrogen-bond donors (Lipinski definition) is 15. The van der Waals surface area contributed by atoms with Gasteiger partial charge < -0.3 is 102 Å². The lowest BCUT2D eigenvalue weighted by molar-refractivity contribution is -0.147. The van der Waals surface area contributed by atoms with Crippen LogP contribution in [0.5, 0.6) is 11.5 Å². The Hall–Kier alpha value is -5.96. The number of ether oxygens (including phenoxy) is 2. The van der Waals surface area contributed by atoms with Crippen LogP contribution in [0.3, 0.4) is 0 Å². The third kappa shape index (κ3) is 15.8. The third-order valence-electron chi connectivity index (χ3n) is 12.1. The van der Waals surface area contributed by atoms with Gasteiger partial charge in [0.05, 0.1) is 49.8 Å². The molecule has 72 heavy (non-hydrogen) atoms. The molecule has 0 spiro atoms. The van der Waals surface area contributed by atoms with E-state index in [9.17, 15) is 79.5 Å². The molecule has 0 aromatic heterocycles. The summed E-state index contributed by atoms with van der Waals surface area (Å²) in [6.45, 7) is 11.5. The predicted octanol–water partition coefficient (Wildman–Crippen LogP) is -6.32. The molecule has 13 atom stereocenters. The van der Waals surface area contributed by atoms with Crippen molar-refractivity contribution in [2.75, 3.05) is 52.5 Å². The molecular formula is C45H69N9O18. The largest absolute Gasteiger partial charge is 0.504 e. The lowest BCUT2D eigenvalue weighted by atomic mass is 9.99. The van der Waals surface area contributed by atoms with Crippen LogP contribution in [0.4, 0.5) is 4.79 Å². The monoisotopic (exact) mass is 1020 g/mol. The molecule has 27 nitrogen and oxygen atoms in total. The Morgan fingerprint density at radius 3 is 2.12 bits per heavy atom. The van der Waals surface area contributed by atoms with Crippen LogP contribution in [0.1, 0.15) is 53.0 Å². The predicted molar refractivity (Wildman–Crippen MR) is 248 cm³/mol. The number of phenols is 1. The number of carbonyl (C=O) groups is 7. The SMILES string of the molecule is [C-]#[N+]C[C@@H](O)[C@@H]1NC(=O)[C@H]([C@H](O)Cc2ccc(O)c(OCCNC(CO)CO)c2)NC(=O)[C@@H]2C[C@@H](O)CN2C(=O)[C@H]([C@@H](C)O)NC(=O)C(NC(=O)OC(C)(C)C)C[C@@H](O)CNC(=O)[C@@H]2[C@@H](O)[C@@H](C)CN2C1=O. The smallest absolute Gasteiger partial charge is 0.408 e. The van der Waals surface area contributed by atoms with Crippen molar-refractivity contribution in [1.29, 1.82) is 0 Å². The van der Waals surface area contributed by atoms with Gasteiger partial charge in [0.15, 0.2) is 17.6 Å². The number of nitrogens with zero attached hydrogens (tertiary/aromatic N) is 3. The number of benzene rings is 1. The zero-order valence-electron chi connectivity index (χ0n) is 40.6. The lowest BCUT2D eigenvalue weighted by Gasteiger charge is -2.33. The number of hydrogen-bond acceptors (Lipinski definition) is 19. The highest BCUT2D eigenvalue weighted by Gasteiger charge is 2.50. The molecule has 1 unspecified atom stereocenters. The molecule has 0 saturated carbocycles. The van der Waals surface area contributed by atoms with Gasteiger partial charge in [0.25, 0.3) is 0 Å². The van der Waals surface area contributed by atoms with E-state index in [-0.39, 0.29) is 50.0 Å². The number of nitrogens with one attached hydrogen (secondary N) is 6. The van der Waals surface area contributed by atoms with Crippen LogP contribution in [0, 0.1) is 12.5 Å². The Morgan fingerprint density at radius 2 is 1.50 bits per heavy atom. The first-order chi connectivity index (χ1) is 33.8. The standard InChI is InChI=1S/C45H69N9O18/c1-21-17-54-36(37(21)63)41(67)48-15-25(58)13-27(49-44(70)72-45(3,4)5)38(64)50-33(22(2)57)42(68)53-18-26(59)14-28(53)39(65)51-34(40(66)52-35(43(54)69)31(62)16-46-6)30(61)11-23-7-8-29(60)32(12-23)71-10-9-47-24(19-55)20-56/h7-8,12,21-22,24-28,30-31,33-37,47,55-63H,9-11,13-20H2,1-5H3,(H,48,67)(H,49,70)(H,50,64)(H,51,65)(H,52,66)/t21-,22+,25+,26+,27?,28-,30+,31+,33-,34-,35-,36-,37-/m0/s1. The average Bonchev–Trinajstić information content (AvgIpc) is 3.85. The van der Waals surface area contributed by atoms with Crippen molar-refractivity contribution in [3.63, 3.8) is 0 Å². The van der Waals surface area contributed by atoms with Crippen LogP contribution in [-0.4, -0.2) is 234 Å². The van der Waals surface area contributed by atoms with Crippen LogP contribution < -0.4 is 36.6 Å². The maximum Gasteiger partial charge on any atom is 0.408 e. The van der Waals surface area contributed by atoms with E-state index in [0.29, 0.717) is 0 Å². The summed E-state index contributed by atoms with van der Waals surface area (Å²) < 4.78 is 10.9. The van der Waals surface area contributed by atoms with E-state index in [1.807, 2.05) is 0 Å². The summed E-state index contributed by atoms with van der Waals surface area (Å²) in [7, 11) is 0. The summed E-state index contributed by atoms with van der Waals surface area (Å²) in [6.07, 6.45) is -13.1. The van der Waals surface area contributed by atoms with Gasteiger partial charge in [-0.2, -0.15) is 0 Å². The molecular weight excluding hydrogens is 955 g/mol. The molecule has 3 saturated heterocycles. The number of rotatable bonds is 14. The van der Waals surface area contributed by atoms with Gasteiger partial charge in [-0.15, -0.1) is 0 Å². The van der Waals surface area contributed by atoms with E-state index in [4.69, 9.17) is 16.0 Å². The van der Waals surface area contributed by atoms with E-state index in [1.165, 1.54) is 45.9 Å². The third-order valence-corrected chi connectivity index (χ3v) is 12.1. The van der Waals surface area contributed by atoms with E-state index >= 15 is 0 Å². The second kappa shape index (κ2) is 26.1. The summed E-state index contributed by atoms with van der Waals surface area (Å²) in [5, 5.41) is 111. The highest BCUT2D eigenvalue weighted by molar-refractivity contribution is 5.98. The number of alkyl carbamates (subject to hydrolysis) is 1. The number of carbonyl (C=O) groups excluding carboxylic acids is 7. The fourth-order valence-electron chi connectivity index (χ4n) is 8.34. The van der Waals surface area contributed by atoms with Crippen molar-refractivity contribution < 1.29 is 89.0 Å². The average molecular weight is 1020 g/mol. The number of phenolic OH excluding ortho intramolecular Hbond substituents is 1. The van der Waals surface area contributed by atoms with Crippen molar-refractivity contribution in [2.45, 2.75) is 138 Å². The molecule has 0 bridgehead atoms. The van der Waals surface area contributed by atoms with Gasteiger partial charge in [0.1, 0.15) is 48.5 Å². The van der Waals surface area contributed by atoms with E-state index in [1.54, 1.807) is 0 Å². The Bertz CT molecular complexity index is 2120. The minimum absolute atomic E-state index is 0.0809. The summed E-state index contributed by atoms with van der Waals surface area (Å²) in [4.78, 5) is 103. The highest BCUT2D eigenvalue weighted by atomic mass is 16.6. The summed E-state index contributed by atoms with van der Waals surface area (Å²) in [5.41, 5.74) is -0.887. The van der Waals surface area contributed by atoms with Crippen LogP contribution in [0.2, 0.25) is 0 Å². The highest BCUT2D eigenvalue weighted by Crippen LogP contribution is 2.29. The summed E-state index contributed by atoms with van der Waals surface area (Å²) in [6, 6.07) is -8.04. The molecule has 3 aliphatic heterocycles. The summed E-state index contributed by atoms with van der Waals surface area (Å²) >= 11 is 0. The van der Waals surface area contributed by atoms with Gasteiger partial charge in [0.2, 0.25) is 42.0 Å². The van der Waals surface area contributed by atoms with Crippen LogP contribution in [0.25, 0.3) is 4.85 Å². The van der Waals surface area contributed by atoms with Crippen molar-refractivity contribution in [3.8, 4) is 11.5 Å². The van der Waals surface area contributed by atoms with Crippen LogP contribution in [0.15, 0.2) is 18.2 Å². The number of aliphatic hydroxyl groups is 8. The molecule has 15 N–H and O–H groups in total. The molecule has 1 aromatic carbocycles. The van der Waals surface area contributed by atoms with Crippen molar-refractivity contribution in [2.24, 2.45) is 5.92 Å². The van der Waals surface area contributed by atoms with Gasteiger partial charge in [-0.1, -0.05) is 13.0 Å². The molecule has 0 radical (unpaired) electrons. The van der Waals surface area contributed by atoms with Gasteiger partial charge in [-0.05, 0) is 45.4 Å². The van der Waals surface area contributed by atoms with Crippen LogP contribution >= 0.6 is 0 Å². The van der Waals surface area contributed by atoms with E-state index in [2.05, 4.69) is 36.7 Å². The topological polar surface area (TPSA) is 403 Å². The molecule has 3 heterocycles. The molecule has 3 aliphatic rings. The van der Waals surface area contributed by atoms with Crippen LogP contribution in [-0.2, 0) is 39.9 Å². The second-order valence-electron chi connectivity index (χ2n) is 19.2. The lowest BCUT2D eigenvalue weighted by Crippen LogP contribution is -2.64. The molecule has 1 aromatic rings. The van der Waals surface area contributed by atoms with E-state index < -0.39 is 171 Å². The first-order valence-electron chi connectivity index (χ1n) is 23.4. The zero-order chi connectivity index (χ0) is 53.8. The minimum atomic E-state index is -2.11. The van der Waals surface area contributed by atoms with Gasteiger partial charge in [-0.25, -0.2) is 11.4 Å². The first-order valence-corrected chi connectivity index (χ1v) is 23.4. The number of β-amino-alcohol motifs (C(OH)–C–C–N with tert-alkyl or cyclic N) is 1. The van der Waals surface area contributed by atoms with E-state index in [0.717, 1.165) is 16.7 Å². The first kappa shape index (κ1) is 58.6. The second-order valence-corrected chi connectivity index (χ2v) is 19.2. The fourth-order valence-corrected chi connectivity index (χ4v) is 8.34. The van der Waals surface area contributed by atoms with Crippen molar-refractivity contribution >= 4 is 41.5 Å². The molecule has 27 heteroatoms. The van der Waals surface area contributed by atoms with Crippen molar-refractivity contribution in [1.82, 2.24) is 41.7 Å². The maximum absolute atomic E-state index is 14.5. The minimum Gasteiger partial charge on any atom is -0.504 e. The van der Waals surface area contributed by atoms with Gasteiger partial charge in [-0.3, -0.25) is 28.8 Å². The molecule has 4 rings (SSSR count). The molecule has 3 fully saturated rings. The number of aliphatic hydroxyl groups excluding tert-OH is 8. The molecule has 0 aliphatic carbocycles. The quantitative estimate of drug-likeness (QED) is 0.0609. The normalized spacial score (nSPS) is 28.5. The molecule has 7 amide bonds. The molecule has 402 valence electrons. The Balaban J connectivity index is 1.80. The Labute approximate surface area is 415 Å². The number of aromatic hydroxyl groups is 1. The van der Waals surface area contributed by atoms with Gasteiger partial charge in [0, 0.05) is 51.4 Å². The Morgan fingerprint density at radius 1 is 0.861 bits per heavy atom.